The zero-order valence-corrected chi connectivity index (χ0v) is 9.09. The largest absolute Gasteiger partial charge is 0.288 e. The molecule has 0 spiro atoms. The summed E-state index contributed by atoms with van der Waals surface area (Å²) < 4.78 is 1.05. The summed E-state index contributed by atoms with van der Waals surface area (Å²) in [5.41, 5.74) is 0. The first-order chi connectivity index (χ1) is 5.20. The van der Waals surface area contributed by atoms with Crippen LogP contribution in [0.1, 0.15) is 13.8 Å². The van der Waals surface area contributed by atoms with E-state index in [4.69, 9.17) is 10.8 Å². The molecule has 0 aromatic carbocycles. The highest BCUT2D eigenvalue weighted by Gasteiger charge is 2.02. The molecular formula is C6H12N2S3. The third-order valence-electron chi connectivity index (χ3n) is 0.736. The summed E-state index contributed by atoms with van der Waals surface area (Å²) in [6.45, 7) is 4.02. The van der Waals surface area contributed by atoms with Crippen molar-refractivity contribution in [3.05, 3.63) is 0 Å². The number of hydrogen-bond donors (Lipinski definition) is 2. The Morgan fingerprint density at radius 2 is 1.36 bits per heavy atom. The second kappa shape index (κ2) is 7.06. The van der Waals surface area contributed by atoms with Crippen LogP contribution in [0, 0.1) is 10.8 Å². The summed E-state index contributed by atoms with van der Waals surface area (Å²) in [6, 6.07) is 0. The fourth-order valence-corrected chi connectivity index (χ4v) is 2.93. The van der Waals surface area contributed by atoms with Crippen molar-refractivity contribution in [3.8, 4) is 0 Å². The highest BCUT2D eigenvalue weighted by molar-refractivity contribution is 8.53. The number of hydrogen-bond acceptors (Lipinski definition) is 5. The summed E-state index contributed by atoms with van der Waals surface area (Å²) in [5, 5.41) is 14.7. The van der Waals surface area contributed by atoms with Crippen molar-refractivity contribution in [1.29, 1.82) is 10.8 Å². The lowest BCUT2D eigenvalue weighted by Gasteiger charge is -2.00. The van der Waals surface area contributed by atoms with Crippen LogP contribution >= 0.6 is 35.3 Å². The Bertz CT molecular complexity index is 131. The molecule has 0 fully saturated rings. The maximum Gasteiger partial charge on any atom is 0.128 e. The molecule has 0 atom stereocenters. The van der Waals surface area contributed by atoms with E-state index in [2.05, 4.69) is 0 Å². The highest BCUT2D eigenvalue weighted by atomic mass is 32.2. The molecule has 2 N–H and O–H groups in total. The Morgan fingerprint density at radius 3 is 1.64 bits per heavy atom. The van der Waals surface area contributed by atoms with Crippen LogP contribution in [0.5, 0.6) is 0 Å². The summed E-state index contributed by atoms with van der Waals surface area (Å²) in [7, 11) is 0. The molecule has 0 amide bonds. The normalized spacial score (nSPS) is 9.64. The van der Waals surface area contributed by atoms with Gasteiger partial charge in [-0.3, -0.25) is 10.8 Å². The SMILES string of the molecule is CCSC(=N)SC(=N)SCC. The van der Waals surface area contributed by atoms with Crippen molar-refractivity contribution in [2.75, 3.05) is 11.5 Å². The topological polar surface area (TPSA) is 47.7 Å². The van der Waals surface area contributed by atoms with E-state index in [1.54, 1.807) is 0 Å². The maximum atomic E-state index is 7.37. The maximum absolute atomic E-state index is 7.37. The molecule has 0 unspecified atom stereocenters. The molecule has 0 saturated heterocycles. The predicted molar refractivity (Wildman–Crippen MR) is 59.3 cm³/mol. The average molecular weight is 208 g/mol. The van der Waals surface area contributed by atoms with E-state index >= 15 is 0 Å². The minimum atomic E-state index is 0.526. The molecular weight excluding hydrogens is 196 g/mol. The second-order valence-corrected chi connectivity index (χ2v) is 5.63. The first kappa shape index (κ1) is 11.4. The molecule has 5 heteroatoms. The molecule has 0 radical (unpaired) electrons. The lowest BCUT2D eigenvalue weighted by Crippen LogP contribution is -1.90. The van der Waals surface area contributed by atoms with Crippen LogP contribution in [0.4, 0.5) is 0 Å². The van der Waals surface area contributed by atoms with E-state index in [1.165, 1.54) is 35.3 Å². The van der Waals surface area contributed by atoms with Gasteiger partial charge in [-0.15, -0.1) is 23.5 Å². The molecule has 0 heterocycles. The monoisotopic (exact) mass is 208 g/mol. The first-order valence-electron chi connectivity index (χ1n) is 3.31. The second-order valence-electron chi connectivity index (χ2n) is 1.54. The lowest BCUT2D eigenvalue weighted by atomic mass is 11.0. The summed E-state index contributed by atoms with van der Waals surface area (Å²) >= 11 is 4.20. The zero-order valence-electron chi connectivity index (χ0n) is 6.64. The van der Waals surface area contributed by atoms with Gasteiger partial charge in [0.05, 0.1) is 0 Å². The summed E-state index contributed by atoms with van der Waals surface area (Å²) in [6.07, 6.45) is 0. The molecule has 0 aliphatic rings. The quantitative estimate of drug-likeness (QED) is 0.541. The van der Waals surface area contributed by atoms with Crippen molar-refractivity contribution in [2.24, 2.45) is 0 Å². The van der Waals surface area contributed by atoms with Gasteiger partial charge in [0.25, 0.3) is 0 Å². The Balaban J connectivity index is 3.49. The third kappa shape index (κ3) is 6.77. The molecule has 0 saturated carbocycles. The summed E-state index contributed by atoms with van der Waals surface area (Å²) in [4.78, 5) is 0. The van der Waals surface area contributed by atoms with Gasteiger partial charge in [-0.2, -0.15) is 0 Å². The van der Waals surface area contributed by atoms with Crippen molar-refractivity contribution >= 4 is 44.0 Å². The average Bonchev–Trinajstić information content (AvgIpc) is 1.87. The first-order valence-corrected chi connectivity index (χ1v) is 6.10. The number of rotatable bonds is 2. The van der Waals surface area contributed by atoms with E-state index < -0.39 is 0 Å². The molecule has 0 aliphatic carbocycles. The van der Waals surface area contributed by atoms with Crippen molar-refractivity contribution < 1.29 is 0 Å². The molecule has 0 aliphatic heterocycles. The van der Waals surface area contributed by atoms with Gasteiger partial charge >= 0.3 is 0 Å². The van der Waals surface area contributed by atoms with E-state index in [9.17, 15) is 0 Å². The minimum Gasteiger partial charge on any atom is -0.288 e. The third-order valence-corrected chi connectivity index (χ3v) is 3.42. The molecule has 0 aromatic rings. The van der Waals surface area contributed by atoms with Gasteiger partial charge in [0.2, 0.25) is 0 Å². The Morgan fingerprint density at radius 1 is 1.00 bits per heavy atom. The fraction of sp³-hybridized carbons (Fsp3) is 0.667. The van der Waals surface area contributed by atoms with Gasteiger partial charge in [0.15, 0.2) is 0 Å². The van der Waals surface area contributed by atoms with Gasteiger partial charge in [-0.05, 0) is 23.3 Å². The Labute approximate surface area is 80.3 Å². The molecule has 0 bridgehead atoms. The van der Waals surface area contributed by atoms with E-state index in [0.717, 1.165) is 11.5 Å². The van der Waals surface area contributed by atoms with Crippen LogP contribution in [-0.2, 0) is 0 Å². The van der Waals surface area contributed by atoms with Crippen LogP contribution in [0.2, 0.25) is 0 Å². The predicted octanol–water partition coefficient (Wildman–Crippen LogP) is 3.10. The summed E-state index contributed by atoms with van der Waals surface area (Å²) in [5.74, 6) is 1.83. The zero-order chi connectivity index (χ0) is 8.69. The van der Waals surface area contributed by atoms with Crippen LogP contribution in [-0.4, -0.2) is 20.3 Å². The molecule has 0 aromatic heterocycles. The van der Waals surface area contributed by atoms with Crippen LogP contribution in [0.15, 0.2) is 0 Å². The van der Waals surface area contributed by atoms with Crippen molar-refractivity contribution in [3.63, 3.8) is 0 Å². The molecule has 2 nitrogen and oxygen atoms in total. The Hall–Kier alpha value is 0.390. The van der Waals surface area contributed by atoms with E-state index in [-0.39, 0.29) is 0 Å². The molecule has 64 valence electrons. The van der Waals surface area contributed by atoms with E-state index in [1.807, 2.05) is 13.8 Å². The van der Waals surface area contributed by atoms with Gasteiger partial charge in [0.1, 0.15) is 8.75 Å². The van der Waals surface area contributed by atoms with Crippen molar-refractivity contribution in [1.82, 2.24) is 0 Å². The van der Waals surface area contributed by atoms with Gasteiger partial charge < -0.3 is 0 Å². The lowest BCUT2D eigenvalue weighted by molar-refractivity contribution is 1.53. The van der Waals surface area contributed by atoms with Gasteiger partial charge in [0, 0.05) is 0 Å². The fourth-order valence-electron chi connectivity index (χ4n) is 0.405. The van der Waals surface area contributed by atoms with E-state index in [0.29, 0.717) is 8.75 Å². The number of nitrogens with one attached hydrogen (secondary N) is 2. The Kier molecular flexibility index (Phi) is 7.31. The van der Waals surface area contributed by atoms with Crippen LogP contribution < -0.4 is 0 Å². The molecule has 0 rings (SSSR count). The highest BCUT2D eigenvalue weighted by Crippen LogP contribution is 2.21. The van der Waals surface area contributed by atoms with Crippen LogP contribution in [0.25, 0.3) is 0 Å². The smallest absolute Gasteiger partial charge is 0.128 e. The minimum absolute atomic E-state index is 0.526. The molecule has 11 heavy (non-hydrogen) atoms. The van der Waals surface area contributed by atoms with Gasteiger partial charge in [-0.25, -0.2) is 0 Å². The standard InChI is InChI=1S/C6H12N2S3/c1-3-9-5(7)11-6(8)10-4-2/h7-8H,3-4H2,1-2H3. The van der Waals surface area contributed by atoms with Gasteiger partial charge in [-0.1, -0.05) is 13.8 Å². The van der Waals surface area contributed by atoms with Crippen molar-refractivity contribution in [2.45, 2.75) is 13.8 Å². The number of thioether (sulfide) groups is 3. The van der Waals surface area contributed by atoms with Crippen LogP contribution in [0.3, 0.4) is 0 Å².